The Kier molecular flexibility index (Phi) is 7.13. The number of methoxy groups -OCH3 is 2. The van der Waals surface area contributed by atoms with Crippen LogP contribution in [0, 0.1) is 0 Å². The SMILES string of the molecule is COc1cc(CN2CCN(Cc3c(-c4ccc(O)cc4)oc4cc(O)cc(O)c4c3=O)CC2)cc(OC)c1. The first-order valence-electron chi connectivity index (χ1n) is 12.3. The predicted octanol–water partition coefficient (Wildman–Crippen LogP) is 3.91. The summed E-state index contributed by atoms with van der Waals surface area (Å²) in [6.07, 6.45) is 0. The van der Waals surface area contributed by atoms with Crippen molar-refractivity contribution >= 4 is 11.0 Å². The smallest absolute Gasteiger partial charge is 0.201 e. The summed E-state index contributed by atoms with van der Waals surface area (Å²) in [6, 6.07) is 14.7. The molecule has 9 nitrogen and oxygen atoms in total. The lowest BCUT2D eigenvalue weighted by Gasteiger charge is -2.35. The van der Waals surface area contributed by atoms with E-state index in [0.29, 0.717) is 23.4 Å². The van der Waals surface area contributed by atoms with Gasteiger partial charge in [-0.3, -0.25) is 14.6 Å². The van der Waals surface area contributed by atoms with Gasteiger partial charge in [-0.25, -0.2) is 0 Å². The predicted molar refractivity (Wildman–Crippen MR) is 143 cm³/mol. The van der Waals surface area contributed by atoms with E-state index >= 15 is 0 Å². The standard InChI is InChI=1S/C29H30N2O7/c1-36-22-11-18(12-23(15-22)37-2)16-30-7-9-31(10-8-30)17-24-28(35)27-25(34)13-21(33)14-26(27)38-29(24)19-3-5-20(32)6-4-19/h3-6,11-15,32-34H,7-10,16-17H2,1-2H3. The van der Waals surface area contributed by atoms with E-state index in [1.807, 2.05) is 18.2 Å². The second kappa shape index (κ2) is 10.6. The molecule has 0 atom stereocenters. The molecule has 1 fully saturated rings. The molecule has 1 aliphatic heterocycles. The third-order valence-corrected chi connectivity index (χ3v) is 6.85. The second-order valence-corrected chi connectivity index (χ2v) is 9.40. The maximum Gasteiger partial charge on any atom is 0.201 e. The summed E-state index contributed by atoms with van der Waals surface area (Å²) >= 11 is 0. The van der Waals surface area contributed by atoms with Crippen LogP contribution >= 0.6 is 0 Å². The Bertz CT molecular complexity index is 1480. The normalized spacial score (nSPS) is 14.6. The largest absolute Gasteiger partial charge is 0.508 e. The zero-order valence-electron chi connectivity index (χ0n) is 21.3. The van der Waals surface area contributed by atoms with Crippen LogP contribution in [-0.2, 0) is 13.1 Å². The highest BCUT2D eigenvalue weighted by Gasteiger charge is 2.24. The first-order chi connectivity index (χ1) is 18.3. The highest BCUT2D eigenvalue weighted by molar-refractivity contribution is 5.87. The molecule has 3 N–H and O–H groups in total. The van der Waals surface area contributed by atoms with Gasteiger partial charge in [0, 0.05) is 63.0 Å². The highest BCUT2D eigenvalue weighted by Crippen LogP contribution is 2.33. The molecule has 5 rings (SSSR count). The fraction of sp³-hybridized carbons (Fsp3) is 0.276. The fourth-order valence-electron chi connectivity index (χ4n) is 4.86. The molecule has 9 heteroatoms. The highest BCUT2D eigenvalue weighted by atomic mass is 16.5. The van der Waals surface area contributed by atoms with Gasteiger partial charge >= 0.3 is 0 Å². The summed E-state index contributed by atoms with van der Waals surface area (Å²) in [5.41, 5.74) is 1.87. The van der Waals surface area contributed by atoms with Gasteiger partial charge in [-0.1, -0.05) is 0 Å². The second-order valence-electron chi connectivity index (χ2n) is 9.40. The Morgan fingerprint density at radius 2 is 1.39 bits per heavy atom. The lowest BCUT2D eigenvalue weighted by atomic mass is 10.0. The van der Waals surface area contributed by atoms with Crippen LogP contribution in [0.5, 0.6) is 28.7 Å². The molecule has 0 spiro atoms. The van der Waals surface area contributed by atoms with Gasteiger partial charge < -0.3 is 29.2 Å². The van der Waals surface area contributed by atoms with Gasteiger partial charge in [-0.15, -0.1) is 0 Å². The number of hydrogen-bond donors (Lipinski definition) is 3. The molecular weight excluding hydrogens is 488 g/mol. The van der Waals surface area contributed by atoms with Crippen LogP contribution in [0.25, 0.3) is 22.3 Å². The van der Waals surface area contributed by atoms with Gasteiger partial charge in [-0.2, -0.15) is 0 Å². The van der Waals surface area contributed by atoms with Gasteiger partial charge in [0.1, 0.15) is 45.5 Å². The fourth-order valence-corrected chi connectivity index (χ4v) is 4.86. The minimum Gasteiger partial charge on any atom is -0.508 e. The topological polar surface area (TPSA) is 116 Å². The number of fused-ring (bicyclic) bond motifs is 1. The van der Waals surface area contributed by atoms with Crippen molar-refractivity contribution in [2.45, 2.75) is 13.1 Å². The molecular formula is C29H30N2O7. The zero-order chi connectivity index (χ0) is 26.8. The quantitative estimate of drug-likeness (QED) is 0.335. The number of benzene rings is 3. The van der Waals surface area contributed by atoms with Crippen molar-refractivity contribution in [3.63, 3.8) is 0 Å². The molecule has 0 radical (unpaired) electrons. The number of ether oxygens (including phenoxy) is 2. The number of phenols is 3. The summed E-state index contributed by atoms with van der Waals surface area (Å²) in [6.45, 7) is 4.13. The molecule has 2 heterocycles. The van der Waals surface area contributed by atoms with Crippen LogP contribution in [0.2, 0.25) is 0 Å². The third-order valence-electron chi connectivity index (χ3n) is 6.85. The molecule has 198 valence electrons. The minimum absolute atomic E-state index is 0.0333. The molecule has 0 unspecified atom stereocenters. The molecule has 0 aliphatic carbocycles. The maximum absolute atomic E-state index is 13.6. The van der Waals surface area contributed by atoms with E-state index in [1.165, 1.54) is 18.2 Å². The first-order valence-corrected chi connectivity index (χ1v) is 12.3. The Balaban J connectivity index is 1.39. The van der Waals surface area contributed by atoms with E-state index in [1.54, 1.807) is 26.4 Å². The van der Waals surface area contributed by atoms with Crippen LogP contribution in [0.1, 0.15) is 11.1 Å². The summed E-state index contributed by atoms with van der Waals surface area (Å²) in [5.74, 6) is 1.41. The van der Waals surface area contributed by atoms with E-state index < -0.39 is 0 Å². The summed E-state index contributed by atoms with van der Waals surface area (Å²) < 4.78 is 16.9. The Morgan fingerprint density at radius 3 is 2.00 bits per heavy atom. The van der Waals surface area contributed by atoms with Crippen LogP contribution in [0.4, 0.5) is 0 Å². The van der Waals surface area contributed by atoms with Crippen molar-refractivity contribution in [2.24, 2.45) is 0 Å². The number of phenolic OH excluding ortho intramolecular Hbond substituents is 3. The van der Waals surface area contributed by atoms with Gasteiger partial charge in [0.2, 0.25) is 5.43 Å². The Morgan fingerprint density at radius 1 is 0.789 bits per heavy atom. The van der Waals surface area contributed by atoms with Crippen molar-refractivity contribution in [3.05, 3.63) is 75.9 Å². The van der Waals surface area contributed by atoms with E-state index in [0.717, 1.165) is 55.9 Å². The zero-order valence-corrected chi connectivity index (χ0v) is 21.3. The van der Waals surface area contributed by atoms with Crippen molar-refractivity contribution in [2.75, 3.05) is 40.4 Å². The van der Waals surface area contributed by atoms with Crippen LogP contribution in [0.15, 0.2) is 63.8 Å². The van der Waals surface area contributed by atoms with Crippen molar-refractivity contribution < 1.29 is 29.2 Å². The average Bonchev–Trinajstić information content (AvgIpc) is 2.91. The molecule has 0 bridgehead atoms. The lowest BCUT2D eigenvalue weighted by Crippen LogP contribution is -2.45. The summed E-state index contributed by atoms with van der Waals surface area (Å²) in [4.78, 5) is 18.1. The number of nitrogens with zero attached hydrogens (tertiary/aromatic N) is 2. The average molecular weight is 519 g/mol. The van der Waals surface area contributed by atoms with E-state index in [9.17, 15) is 20.1 Å². The molecule has 4 aromatic rings. The van der Waals surface area contributed by atoms with Gasteiger partial charge in [0.05, 0.1) is 19.8 Å². The molecule has 3 aromatic carbocycles. The lowest BCUT2D eigenvalue weighted by molar-refractivity contribution is 0.121. The van der Waals surface area contributed by atoms with Crippen molar-refractivity contribution in [1.82, 2.24) is 9.80 Å². The number of aromatic hydroxyl groups is 3. The Labute approximate surface area is 219 Å². The van der Waals surface area contributed by atoms with Gasteiger partial charge in [0.15, 0.2) is 0 Å². The third kappa shape index (κ3) is 5.25. The number of piperazine rings is 1. The van der Waals surface area contributed by atoms with Crippen LogP contribution < -0.4 is 14.9 Å². The molecule has 0 saturated carbocycles. The minimum atomic E-state index is -0.349. The van der Waals surface area contributed by atoms with Gasteiger partial charge in [0.25, 0.3) is 0 Å². The number of hydrogen-bond acceptors (Lipinski definition) is 9. The summed E-state index contributed by atoms with van der Waals surface area (Å²) in [5, 5.41) is 30.1. The van der Waals surface area contributed by atoms with Crippen LogP contribution in [-0.4, -0.2) is 65.5 Å². The maximum atomic E-state index is 13.6. The van der Waals surface area contributed by atoms with Crippen LogP contribution in [0.3, 0.4) is 0 Å². The van der Waals surface area contributed by atoms with Crippen molar-refractivity contribution in [3.8, 4) is 40.1 Å². The number of rotatable bonds is 7. The first kappa shape index (κ1) is 25.4. The molecule has 38 heavy (non-hydrogen) atoms. The van der Waals surface area contributed by atoms with E-state index in [4.69, 9.17) is 13.9 Å². The monoisotopic (exact) mass is 518 g/mol. The Hall–Kier alpha value is -4.21. The van der Waals surface area contributed by atoms with Crippen molar-refractivity contribution in [1.29, 1.82) is 0 Å². The van der Waals surface area contributed by atoms with E-state index in [-0.39, 0.29) is 33.6 Å². The molecule has 1 aliphatic rings. The molecule has 1 saturated heterocycles. The van der Waals surface area contributed by atoms with Gasteiger partial charge in [-0.05, 0) is 42.0 Å². The van der Waals surface area contributed by atoms with E-state index in [2.05, 4.69) is 9.80 Å². The summed E-state index contributed by atoms with van der Waals surface area (Å²) in [7, 11) is 3.27. The molecule has 0 amide bonds. The molecule has 1 aromatic heterocycles.